The van der Waals surface area contributed by atoms with Gasteiger partial charge in [-0.1, -0.05) is 32.6 Å². The van der Waals surface area contributed by atoms with E-state index in [1.807, 2.05) is 0 Å². The summed E-state index contributed by atoms with van der Waals surface area (Å²) in [4.78, 5) is 0. The largest absolute Gasteiger partial charge is 0.389 e. The summed E-state index contributed by atoms with van der Waals surface area (Å²) in [5.41, 5.74) is -0.376. The zero-order valence-electron chi connectivity index (χ0n) is 9.26. The van der Waals surface area contributed by atoms with Gasteiger partial charge in [-0.3, -0.25) is 0 Å². The maximum atomic E-state index is 10.2. The van der Waals surface area contributed by atoms with Crippen LogP contribution in [0.2, 0.25) is 0 Å². The molecule has 2 fully saturated rings. The lowest BCUT2D eigenvalue weighted by Gasteiger charge is -2.32. The quantitative estimate of drug-likeness (QED) is 0.723. The van der Waals surface area contributed by atoms with Gasteiger partial charge in [-0.2, -0.15) is 0 Å². The summed E-state index contributed by atoms with van der Waals surface area (Å²) in [6, 6.07) is 0.714. The maximum absolute atomic E-state index is 10.2. The molecule has 2 heteroatoms. The SMILES string of the molecule is CCC1CC1NCC1(O)CCCCC1. The van der Waals surface area contributed by atoms with Gasteiger partial charge < -0.3 is 10.4 Å². The average Bonchev–Trinajstić information content (AvgIpc) is 2.95. The first-order valence-electron chi connectivity index (χ1n) is 6.19. The predicted molar refractivity (Wildman–Crippen MR) is 58.2 cm³/mol. The topological polar surface area (TPSA) is 32.3 Å². The van der Waals surface area contributed by atoms with E-state index < -0.39 is 0 Å². The number of aliphatic hydroxyl groups is 1. The third-order valence-electron chi connectivity index (χ3n) is 3.92. The van der Waals surface area contributed by atoms with E-state index in [1.54, 1.807) is 0 Å². The molecule has 82 valence electrons. The Labute approximate surface area is 87.1 Å². The zero-order chi connectivity index (χ0) is 10.0. The minimum absolute atomic E-state index is 0.376. The van der Waals surface area contributed by atoms with Crippen LogP contribution in [0.1, 0.15) is 51.9 Å². The molecule has 0 aromatic carbocycles. The first-order chi connectivity index (χ1) is 6.73. The summed E-state index contributed by atoms with van der Waals surface area (Å²) in [6.45, 7) is 3.08. The van der Waals surface area contributed by atoms with E-state index in [4.69, 9.17) is 0 Å². The summed E-state index contributed by atoms with van der Waals surface area (Å²) < 4.78 is 0. The van der Waals surface area contributed by atoms with Crippen LogP contribution in [0.4, 0.5) is 0 Å². The monoisotopic (exact) mass is 197 g/mol. The molecule has 2 rings (SSSR count). The third-order valence-corrected chi connectivity index (χ3v) is 3.92. The summed E-state index contributed by atoms with van der Waals surface area (Å²) in [5.74, 6) is 0.891. The van der Waals surface area contributed by atoms with Crippen LogP contribution in [0.3, 0.4) is 0 Å². The standard InChI is InChI=1S/C12H23NO/c1-2-10-8-11(10)13-9-12(14)6-4-3-5-7-12/h10-11,13-14H,2-9H2,1H3. The molecule has 2 atom stereocenters. The van der Waals surface area contributed by atoms with Gasteiger partial charge in [-0.15, -0.1) is 0 Å². The van der Waals surface area contributed by atoms with Crippen LogP contribution in [0.25, 0.3) is 0 Å². The first kappa shape index (κ1) is 10.4. The van der Waals surface area contributed by atoms with E-state index in [2.05, 4.69) is 12.2 Å². The summed E-state index contributed by atoms with van der Waals surface area (Å²) in [7, 11) is 0. The van der Waals surface area contributed by atoms with Crippen molar-refractivity contribution >= 4 is 0 Å². The Morgan fingerprint density at radius 2 is 2.00 bits per heavy atom. The van der Waals surface area contributed by atoms with Gasteiger partial charge in [0.15, 0.2) is 0 Å². The molecule has 0 bridgehead atoms. The summed E-state index contributed by atoms with van der Waals surface area (Å²) >= 11 is 0. The molecular formula is C12H23NO. The lowest BCUT2D eigenvalue weighted by Crippen LogP contribution is -2.43. The summed E-state index contributed by atoms with van der Waals surface area (Å²) in [6.07, 6.45) is 8.35. The Kier molecular flexibility index (Phi) is 3.13. The highest BCUT2D eigenvalue weighted by Crippen LogP contribution is 2.34. The van der Waals surface area contributed by atoms with Crippen LogP contribution in [-0.4, -0.2) is 23.3 Å². The van der Waals surface area contributed by atoms with Crippen molar-refractivity contribution in [2.45, 2.75) is 63.5 Å². The smallest absolute Gasteiger partial charge is 0.0771 e. The van der Waals surface area contributed by atoms with Gasteiger partial charge in [0, 0.05) is 12.6 Å². The van der Waals surface area contributed by atoms with Gasteiger partial charge in [0.2, 0.25) is 0 Å². The van der Waals surface area contributed by atoms with Crippen LogP contribution in [-0.2, 0) is 0 Å². The fourth-order valence-electron chi connectivity index (χ4n) is 2.66. The minimum Gasteiger partial charge on any atom is -0.389 e. The molecule has 2 nitrogen and oxygen atoms in total. The van der Waals surface area contributed by atoms with Crippen molar-refractivity contribution in [3.05, 3.63) is 0 Å². The van der Waals surface area contributed by atoms with E-state index in [9.17, 15) is 5.11 Å². The number of hydrogen-bond donors (Lipinski definition) is 2. The van der Waals surface area contributed by atoms with Crippen LogP contribution < -0.4 is 5.32 Å². The van der Waals surface area contributed by atoms with Crippen molar-refractivity contribution in [1.82, 2.24) is 5.32 Å². The van der Waals surface area contributed by atoms with Crippen LogP contribution in [0, 0.1) is 5.92 Å². The normalized spacial score (nSPS) is 35.6. The second-order valence-electron chi connectivity index (χ2n) is 5.18. The van der Waals surface area contributed by atoms with Crippen molar-refractivity contribution in [1.29, 1.82) is 0 Å². The van der Waals surface area contributed by atoms with Crippen LogP contribution in [0.5, 0.6) is 0 Å². The van der Waals surface area contributed by atoms with Gasteiger partial charge in [-0.25, -0.2) is 0 Å². The van der Waals surface area contributed by atoms with Crippen molar-refractivity contribution in [2.24, 2.45) is 5.92 Å². The molecule has 0 aromatic rings. The molecule has 0 aliphatic heterocycles. The van der Waals surface area contributed by atoms with Gasteiger partial charge in [-0.05, 0) is 25.2 Å². The van der Waals surface area contributed by atoms with E-state index in [0.29, 0.717) is 6.04 Å². The number of nitrogens with one attached hydrogen (secondary N) is 1. The second kappa shape index (κ2) is 4.19. The predicted octanol–water partition coefficient (Wildman–Crippen LogP) is 2.07. The highest BCUT2D eigenvalue weighted by Gasteiger charge is 2.37. The Morgan fingerprint density at radius 3 is 2.57 bits per heavy atom. The number of hydrogen-bond acceptors (Lipinski definition) is 2. The molecule has 2 aliphatic rings. The van der Waals surface area contributed by atoms with Crippen LogP contribution >= 0.6 is 0 Å². The highest BCUT2D eigenvalue weighted by atomic mass is 16.3. The molecule has 0 amide bonds. The zero-order valence-corrected chi connectivity index (χ0v) is 9.26. The molecule has 2 aliphatic carbocycles. The van der Waals surface area contributed by atoms with Gasteiger partial charge in [0.1, 0.15) is 0 Å². The average molecular weight is 197 g/mol. The molecule has 0 heterocycles. The lowest BCUT2D eigenvalue weighted by molar-refractivity contribution is 0.00436. The highest BCUT2D eigenvalue weighted by molar-refractivity contribution is 4.95. The molecule has 0 spiro atoms. The van der Waals surface area contributed by atoms with Crippen LogP contribution in [0.15, 0.2) is 0 Å². The molecular weight excluding hydrogens is 174 g/mol. The molecule has 0 saturated heterocycles. The van der Waals surface area contributed by atoms with Gasteiger partial charge >= 0.3 is 0 Å². The second-order valence-corrected chi connectivity index (χ2v) is 5.18. The van der Waals surface area contributed by atoms with Gasteiger partial charge in [0.25, 0.3) is 0 Å². The fraction of sp³-hybridized carbons (Fsp3) is 1.00. The number of rotatable bonds is 4. The fourth-order valence-corrected chi connectivity index (χ4v) is 2.66. The Hall–Kier alpha value is -0.0800. The minimum atomic E-state index is -0.376. The van der Waals surface area contributed by atoms with E-state index in [0.717, 1.165) is 25.3 Å². The van der Waals surface area contributed by atoms with Crippen molar-refractivity contribution < 1.29 is 5.11 Å². The Bertz CT molecular complexity index is 187. The first-order valence-corrected chi connectivity index (χ1v) is 6.19. The third kappa shape index (κ3) is 2.48. The maximum Gasteiger partial charge on any atom is 0.0771 e. The molecule has 2 unspecified atom stereocenters. The van der Waals surface area contributed by atoms with E-state index >= 15 is 0 Å². The molecule has 2 saturated carbocycles. The van der Waals surface area contributed by atoms with E-state index in [1.165, 1.54) is 32.1 Å². The van der Waals surface area contributed by atoms with Crippen molar-refractivity contribution in [3.63, 3.8) is 0 Å². The summed E-state index contributed by atoms with van der Waals surface area (Å²) in [5, 5.41) is 13.8. The molecule has 14 heavy (non-hydrogen) atoms. The molecule has 0 radical (unpaired) electrons. The van der Waals surface area contributed by atoms with Crippen molar-refractivity contribution in [2.75, 3.05) is 6.54 Å². The van der Waals surface area contributed by atoms with Crippen molar-refractivity contribution in [3.8, 4) is 0 Å². The Morgan fingerprint density at radius 1 is 1.29 bits per heavy atom. The van der Waals surface area contributed by atoms with E-state index in [-0.39, 0.29) is 5.60 Å². The molecule has 0 aromatic heterocycles. The lowest BCUT2D eigenvalue weighted by atomic mass is 9.85. The Balaban J connectivity index is 1.69. The molecule has 2 N–H and O–H groups in total. The van der Waals surface area contributed by atoms with Gasteiger partial charge in [0.05, 0.1) is 5.60 Å².